The van der Waals surface area contributed by atoms with Gasteiger partial charge in [0.05, 0.1) is 6.07 Å². The number of benzene rings is 2. The Morgan fingerprint density at radius 2 is 1.56 bits per heavy atom. The summed E-state index contributed by atoms with van der Waals surface area (Å²) in [5, 5.41) is 8.88. The predicted octanol–water partition coefficient (Wildman–Crippen LogP) is 5.33. The summed E-state index contributed by atoms with van der Waals surface area (Å²) in [5.41, 5.74) is 12.3. The number of hydrogen-bond acceptors (Lipinski definition) is 2. The van der Waals surface area contributed by atoms with E-state index in [9.17, 15) is 0 Å². The topological polar surface area (TPSA) is 49.8 Å². The van der Waals surface area contributed by atoms with Crippen molar-refractivity contribution < 1.29 is 0 Å². The quantitative estimate of drug-likeness (QED) is 0.525. The van der Waals surface area contributed by atoms with E-state index >= 15 is 0 Å². The number of allylic oxidation sites excluding steroid dienone is 1. The van der Waals surface area contributed by atoms with Gasteiger partial charge in [-0.15, -0.1) is 0 Å². The molecule has 0 atom stereocenters. The van der Waals surface area contributed by atoms with E-state index in [1.54, 1.807) is 0 Å². The Labute approximate surface area is 151 Å². The first-order valence-electron chi connectivity index (χ1n) is 9.20. The van der Waals surface area contributed by atoms with Crippen molar-refractivity contribution >= 4 is 0 Å². The Kier molecular flexibility index (Phi) is 5.36. The van der Waals surface area contributed by atoms with Crippen molar-refractivity contribution in [3.8, 4) is 17.2 Å². The number of nitriles is 1. The highest BCUT2D eigenvalue weighted by Crippen LogP contribution is 2.55. The lowest BCUT2D eigenvalue weighted by Gasteiger charge is -2.35. The van der Waals surface area contributed by atoms with Crippen molar-refractivity contribution in [2.24, 2.45) is 5.73 Å². The summed E-state index contributed by atoms with van der Waals surface area (Å²) in [5.74, 6) is 0. The van der Waals surface area contributed by atoms with E-state index in [1.807, 2.05) is 0 Å². The third-order valence-electron chi connectivity index (χ3n) is 5.44. The molecule has 0 aromatic heterocycles. The number of hydrogen-bond donors (Lipinski definition) is 1. The minimum absolute atomic E-state index is 0.141. The predicted molar refractivity (Wildman–Crippen MR) is 104 cm³/mol. The summed E-state index contributed by atoms with van der Waals surface area (Å²) in [6, 6.07) is 19.7. The molecule has 2 aromatic carbocycles. The van der Waals surface area contributed by atoms with Gasteiger partial charge in [0.25, 0.3) is 0 Å². The molecule has 0 unspecified atom stereocenters. The second-order valence-electron chi connectivity index (χ2n) is 6.86. The van der Waals surface area contributed by atoms with Gasteiger partial charge >= 0.3 is 0 Å². The van der Waals surface area contributed by atoms with Crippen molar-refractivity contribution in [2.45, 2.75) is 43.9 Å². The van der Waals surface area contributed by atoms with Crippen molar-refractivity contribution in [3.05, 3.63) is 71.8 Å². The van der Waals surface area contributed by atoms with Gasteiger partial charge < -0.3 is 5.73 Å². The standard InChI is InChI=1S/C23H26N2/c1-18(10-9-17-25)23(15-7-2-8-16-24)21-13-5-3-11-19(21)20-12-4-6-14-22(20)23/h3-6,11-14H,1-2,7-10,15,17,25H2. The van der Waals surface area contributed by atoms with Crippen molar-refractivity contribution in [3.63, 3.8) is 0 Å². The first-order chi connectivity index (χ1) is 12.3. The summed E-state index contributed by atoms with van der Waals surface area (Å²) >= 11 is 0. The molecule has 0 saturated carbocycles. The van der Waals surface area contributed by atoms with E-state index < -0.39 is 0 Å². The molecule has 2 N–H and O–H groups in total. The van der Waals surface area contributed by atoms with Crippen LogP contribution in [0.2, 0.25) is 0 Å². The molecule has 0 spiro atoms. The third kappa shape index (κ3) is 3.01. The molecule has 0 saturated heterocycles. The van der Waals surface area contributed by atoms with E-state index in [4.69, 9.17) is 11.0 Å². The molecule has 0 radical (unpaired) electrons. The van der Waals surface area contributed by atoms with Crippen molar-refractivity contribution in [1.82, 2.24) is 0 Å². The van der Waals surface area contributed by atoms with E-state index in [2.05, 4.69) is 61.2 Å². The molecule has 25 heavy (non-hydrogen) atoms. The smallest absolute Gasteiger partial charge is 0.0621 e. The van der Waals surface area contributed by atoms with Crippen LogP contribution in [0.4, 0.5) is 0 Å². The van der Waals surface area contributed by atoms with Gasteiger partial charge in [0.1, 0.15) is 0 Å². The summed E-state index contributed by atoms with van der Waals surface area (Å²) < 4.78 is 0. The van der Waals surface area contributed by atoms with Gasteiger partial charge in [-0.05, 0) is 54.5 Å². The number of rotatable bonds is 8. The average Bonchev–Trinajstić information content (AvgIpc) is 2.95. The normalized spacial score (nSPS) is 13.8. The highest BCUT2D eigenvalue weighted by Gasteiger charge is 2.43. The molecule has 128 valence electrons. The largest absolute Gasteiger partial charge is 0.330 e. The second kappa shape index (κ2) is 7.68. The van der Waals surface area contributed by atoms with E-state index in [1.165, 1.54) is 27.8 Å². The van der Waals surface area contributed by atoms with Crippen LogP contribution in [-0.4, -0.2) is 6.54 Å². The zero-order chi connectivity index (χ0) is 17.7. The SMILES string of the molecule is C=C(CCCN)C1(CCCCC#N)c2ccccc2-c2ccccc21. The van der Waals surface area contributed by atoms with Crippen LogP contribution in [0.25, 0.3) is 11.1 Å². The van der Waals surface area contributed by atoms with Crippen LogP contribution < -0.4 is 5.73 Å². The van der Waals surface area contributed by atoms with Crippen LogP contribution in [0, 0.1) is 11.3 Å². The fraction of sp³-hybridized carbons (Fsp3) is 0.348. The zero-order valence-corrected chi connectivity index (χ0v) is 14.8. The van der Waals surface area contributed by atoms with Gasteiger partial charge in [0.2, 0.25) is 0 Å². The van der Waals surface area contributed by atoms with Gasteiger partial charge in [-0.1, -0.05) is 67.1 Å². The monoisotopic (exact) mass is 330 g/mol. The maximum absolute atomic E-state index is 8.88. The Morgan fingerprint density at radius 1 is 0.960 bits per heavy atom. The fourth-order valence-electron chi connectivity index (χ4n) is 4.28. The number of nitrogens with two attached hydrogens (primary N) is 1. The molecule has 3 rings (SSSR count). The maximum Gasteiger partial charge on any atom is 0.0621 e. The molecule has 0 heterocycles. The number of unbranched alkanes of at least 4 members (excludes halogenated alkanes) is 2. The minimum atomic E-state index is -0.141. The Bertz CT molecular complexity index is 752. The van der Waals surface area contributed by atoms with Gasteiger partial charge in [-0.2, -0.15) is 5.26 Å². The van der Waals surface area contributed by atoms with Crippen LogP contribution in [0.1, 0.15) is 49.7 Å². The van der Waals surface area contributed by atoms with E-state index in [-0.39, 0.29) is 5.41 Å². The van der Waals surface area contributed by atoms with Gasteiger partial charge in [-0.3, -0.25) is 0 Å². The lowest BCUT2D eigenvalue weighted by molar-refractivity contribution is 0.504. The Hall–Kier alpha value is -2.37. The molecule has 0 amide bonds. The molecular formula is C23H26N2. The van der Waals surface area contributed by atoms with Crippen LogP contribution in [0.15, 0.2) is 60.7 Å². The van der Waals surface area contributed by atoms with Crippen LogP contribution in [-0.2, 0) is 5.41 Å². The van der Waals surface area contributed by atoms with Crippen molar-refractivity contribution in [1.29, 1.82) is 5.26 Å². The molecule has 0 aliphatic heterocycles. The highest BCUT2D eigenvalue weighted by atomic mass is 14.5. The van der Waals surface area contributed by atoms with E-state index in [0.29, 0.717) is 13.0 Å². The minimum Gasteiger partial charge on any atom is -0.330 e. The van der Waals surface area contributed by atoms with Gasteiger partial charge in [0.15, 0.2) is 0 Å². The number of fused-ring (bicyclic) bond motifs is 3. The first-order valence-corrected chi connectivity index (χ1v) is 9.20. The third-order valence-corrected chi connectivity index (χ3v) is 5.44. The summed E-state index contributed by atoms with van der Waals surface area (Å²) in [6.07, 6.45) is 5.49. The zero-order valence-electron chi connectivity index (χ0n) is 14.8. The first kappa shape index (κ1) is 17.5. The lowest BCUT2D eigenvalue weighted by atomic mass is 9.68. The molecule has 1 aliphatic rings. The highest BCUT2D eigenvalue weighted by molar-refractivity contribution is 5.83. The molecule has 0 bridgehead atoms. The second-order valence-corrected chi connectivity index (χ2v) is 6.86. The van der Waals surface area contributed by atoms with E-state index in [0.717, 1.165) is 32.1 Å². The summed E-state index contributed by atoms with van der Waals surface area (Å²) in [7, 11) is 0. The van der Waals surface area contributed by atoms with Crippen LogP contribution >= 0.6 is 0 Å². The Balaban J connectivity index is 2.09. The van der Waals surface area contributed by atoms with Crippen LogP contribution in [0.5, 0.6) is 0 Å². The van der Waals surface area contributed by atoms with Gasteiger partial charge in [-0.25, -0.2) is 0 Å². The fourth-order valence-corrected chi connectivity index (χ4v) is 4.28. The average molecular weight is 330 g/mol. The number of nitrogens with zero attached hydrogens (tertiary/aromatic N) is 1. The summed E-state index contributed by atoms with van der Waals surface area (Å²) in [6.45, 7) is 5.21. The molecular weight excluding hydrogens is 304 g/mol. The lowest BCUT2D eigenvalue weighted by Crippen LogP contribution is -2.28. The summed E-state index contributed by atoms with van der Waals surface area (Å²) in [4.78, 5) is 0. The molecule has 1 aliphatic carbocycles. The molecule has 2 nitrogen and oxygen atoms in total. The van der Waals surface area contributed by atoms with Gasteiger partial charge in [0, 0.05) is 11.8 Å². The molecule has 2 aromatic rings. The van der Waals surface area contributed by atoms with Crippen LogP contribution in [0.3, 0.4) is 0 Å². The Morgan fingerprint density at radius 3 is 2.12 bits per heavy atom. The molecule has 2 heteroatoms. The molecule has 0 fully saturated rings. The van der Waals surface area contributed by atoms with Crippen molar-refractivity contribution in [2.75, 3.05) is 6.54 Å². The maximum atomic E-state index is 8.88.